The zero-order valence-corrected chi connectivity index (χ0v) is 16.5. The van der Waals surface area contributed by atoms with E-state index >= 15 is 0 Å². The van der Waals surface area contributed by atoms with Gasteiger partial charge in [0.15, 0.2) is 0 Å². The molecule has 2 amide bonds. The van der Waals surface area contributed by atoms with Crippen molar-refractivity contribution in [2.24, 2.45) is 10.8 Å². The van der Waals surface area contributed by atoms with Gasteiger partial charge in [-0.05, 0) is 22.9 Å². The summed E-state index contributed by atoms with van der Waals surface area (Å²) in [4.78, 5) is 30.9. The number of hydrogen-bond donors (Lipinski definition) is 1. The van der Waals surface area contributed by atoms with Gasteiger partial charge in [-0.3, -0.25) is 9.59 Å². The van der Waals surface area contributed by atoms with E-state index in [4.69, 9.17) is 0 Å². The maximum Gasteiger partial charge on any atom is 0.263 e. The van der Waals surface area contributed by atoms with E-state index in [1.165, 1.54) is 22.7 Å². The van der Waals surface area contributed by atoms with E-state index in [2.05, 4.69) is 0 Å². The van der Waals surface area contributed by atoms with Gasteiger partial charge in [0.25, 0.3) is 11.8 Å². The highest BCUT2D eigenvalue weighted by Gasteiger charge is 2.57. The number of amides is 2. The van der Waals surface area contributed by atoms with Crippen LogP contribution in [-0.2, 0) is 0 Å². The van der Waals surface area contributed by atoms with Crippen molar-refractivity contribution in [3.05, 3.63) is 44.8 Å². The monoisotopic (exact) mass is 390 g/mol. The highest BCUT2D eigenvalue weighted by molar-refractivity contribution is 7.12. The molecule has 2 aliphatic heterocycles. The van der Waals surface area contributed by atoms with Crippen molar-refractivity contribution in [1.29, 1.82) is 0 Å². The second-order valence-corrected chi connectivity index (χ2v) is 9.88. The quantitative estimate of drug-likeness (QED) is 0.858. The van der Waals surface area contributed by atoms with E-state index in [1.54, 1.807) is 0 Å². The lowest BCUT2D eigenvalue weighted by molar-refractivity contribution is -0.157. The lowest BCUT2D eigenvalue weighted by atomic mass is 9.63. The summed E-state index contributed by atoms with van der Waals surface area (Å²) in [5.41, 5.74) is -1.07. The zero-order chi connectivity index (χ0) is 18.5. The molecule has 138 valence electrons. The van der Waals surface area contributed by atoms with Crippen molar-refractivity contribution in [3.8, 4) is 0 Å². The molecule has 0 saturated carbocycles. The first kappa shape index (κ1) is 17.7. The Morgan fingerprint density at radius 2 is 1.31 bits per heavy atom. The van der Waals surface area contributed by atoms with Crippen LogP contribution in [0.25, 0.3) is 0 Å². The minimum atomic E-state index is -0.547. The summed E-state index contributed by atoms with van der Waals surface area (Å²) in [6, 6.07) is 7.43. The summed E-state index contributed by atoms with van der Waals surface area (Å²) < 4.78 is 0. The van der Waals surface area contributed by atoms with Crippen LogP contribution in [0, 0.1) is 10.8 Å². The fourth-order valence-electron chi connectivity index (χ4n) is 4.54. The Morgan fingerprint density at radius 1 is 0.923 bits per heavy atom. The molecular formula is C19H22N2O3S2. The van der Waals surface area contributed by atoms with Crippen LogP contribution in [0.1, 0.15) is 33.2 Å². The average molecular weight is 391 g/mol. The zero-order valence-electron chi connectivity index (χ0n) is 14.8. The number of piperidine rings is 2. The number of hydrogen-bond acceptors (Lipinski definition) is 5. The first-order chi connectivity index (χ1) is 12.3. The Balaban J connectivity index is 1.61. The van der Waals surface area contributed by atoms with Gasteiger partial charge < -0.3 is 14.9 Å². The molecule has 0 aromatic carbocycles. The van der Waals surface area contributed by atoms with Gasteiger partial charge in [-0.25, -0.2) is 0 Å². The Morgan fingerprint density at radius 3 is 1.62 bits per heavy atom. The second-order valence-electron chi connectivity index (χ2n) is 7.99. The highest BCUT2D eigenvalue weighted by atomic mass is 32.1. The number of fused-ring (bicyclic) bond motifs is 2. The Kier molecular flexibility index (Phi) is 4.21. The molecule has 2 fully saturated rings. The summed E-state index contributed by atoms with van der Waals surface area (Å²) in [6.45, 7) is 5.78. The Hall–Kier alpha value is -1.70. The molecule has 5 nitrogen and oxygen atoms in total. The minimum Gasteiger partial charge on any atom is -0.392 e. The summed E-state index contributed by atoms with van der Waals surface area (Å²) in [7, 11) is 0. The summed E-state index contributed by atoms with van der Waals surface area (Å²) in [6.07, 6.45) is -0.547. The molecule has 0 unspecified atom stereocenters. The summed E-state index contributed by atoms with van der Waals surface area (Å²) in [5, 5.41) is 14.8. The maximum atomic E-state index is 12.9. The van der Waals surface area contributed by atoms with Gasteiger partial charge in [-0.2, -0.15) is 0 Å². The fourth-order valence-corrected chi connectivity index (χ4v) is 5.92. The SMILES string of the molecule is CC12CN(C(=O)c3cccs3)CC(C)(CN(C(=O)c3cccs3)C1)C2O. The largest absolute Gasteiger partial charge is 0.392 e. The fraction of sp³-hybridized carbons (Fsp3) is 0.474. The smallest absolute Gasteiger partial charge is 0.263 e. The molecule has 2 aromatic rings. The number of thiophene rings is 2. The number of likely N-dealkylation sites (tertiary alicyclic amines) is 2. The van der Waals surface area contributed by atoms with E-state index in [-0.39, 0.29) is 11.8 Å². The van der Waals surface area contributed by atoms with Crippen molar-refractivity contribution < 1.29 is 14.7 Å². The second kappa shape index (κ2) is 6.18. The predicted octanol–water partition coefficient (Wildman–Crippen LogP) is 2.79. The molecule has 26 heavy (non-hydrogen) atoms. The lowest BCUT2D eigenvalue weighted by Gasteiger charge is -2.59. The van der Waals surface area contributed by atoms with Crippen LogP contribution in [0.3, 0.4) is 0 Å². The van der Waals surface area contributed by atoms with E-state index in [9.17, 15) is 14.7 Å². The van der Waals surface area contributed by atoms with Crippen LogP contribution in [0.15, 0.2) is 35.0 Å². The first-order valence-electron chi connectivity index (χ1n) is 8.66. The third kappa shape index (κ3) is 2.78. The molecule has 0 spiro atoms. The molecular weight excluding hydrogens is 368 g/mol. The van der Waals surface area contributed by atoms with Gasteiger partial charge in [-0.1, -0.05) is 26.0 Å². The van der Waals surface area contributed by atoms with Crippen molar-refractivity contribution >= 4 is 34.5 Å². The molecule has 2 aliphatic rings. The number of nitrogens with zero attached hydrogens (tertiary/aromatic N) is 2. The van der Waals surface area contributed by atoms with Crippen LogP contribution in [-0.4, -0.2) is 59.0 Å². The topological polar surface area (TPSA) is 60.9 Å². The van der Waals surface area contributed by atoms with Gasteiger partial charge in [0.1, 0.15) is 0 Å². The molecule has 2 saturated heterocycles. The molecule has 7 heteroatoms. The van der Waals surface area contributed by atoms with Crippen LogP contribution in [0.5, 0.6) is 0 Å². The molecule has 0 atom stereocenters. The van der Waals surface area contributed by atoms with Gasteiger partial charge in [0.2, 0.25) is 0 Å². The normalized spacial score (nSPS) is 31.1. The number of aliphatic hydroxyl groups is 1. The van der Waals surface area contributed by atoms with Crippen molar-refractivity contribution in [1.82, 2.24) is 9.80 Å². The standard InChI is InChI=1S/C19H22N2O3S2/c1-18-9-20(15(22)13-5-3-7-25-13)11-19(2,17(18)24)12-21(10-18)16(23)14-6-4-8-26-14/h3-8,17,24H,9-12H2,1-2H3. The molecule has 4 heterocycles. The van der Waals surface area contributed by atoms with Crippen LogP contribution in [0.4, 0.5) is 0 Å². The first-order valence-corrected chi connectivity index (χ1v) is 10.4. The van der Waals surface area contributed by atoms with E-state index in [0.717, 1.165) is 9.75 Å². The predicted molar refractivity (Wildman–Crippen MR) is 103 cm³/mol. The summed E-state index contributed by atoms with van der Waals surface area (Å²) in [5.74, 6) is 0.0322. The Labute approximate surface area is 160 Å². The van der Waals surface area contributed by atoms with Gasteiger partial charge in [0.05, 0.1) is 15.9 Å². The molecule has 2 bridgehead atoms. The van der Waals surface area contributed by atoms with Gasteiger partial charge in [0, 0.05) is 37.0 Å². The average Bonchev–Trinajstić information content (AvgIpc) is 3.29. The van der Waals surface area contributed by atoms with E-state index < -0.39 is 16.9 Å². The molecule has 4 rings (SSSR count). The molecule has 0 radical (unpaired) electrons. The maximum absolute atomic E-state index is 12.9. The van der Waals surface area contributed by atoms with E-state index in [0.29, 0.717) is 26.2 Å². The van der Waals surface area contributed by atoms with E-state index in [1.807, 2.05) is 58.7 Å². The third-order valence-corrected chi connectivity index (χ3v) is 7.28. The van der Waals surface area contributed by atoms with Crippen LogP contribution < -0.4 is 0 Å². The van der Waals surface area contributed by atoms with Crippen molar-refractivity contribution in [2.75, 3.05) is 26.2 Å². The number of carbonyl (C=O) groups excluding carboxylic acids is 2. The van der Waals surface area contributed by atoms with Gasteiger partial charge in [-0.15, -0.1) is 22.7 Å². The highest BCUT2D eigenvalue weighted by Crippen LogP contribution is 2.46. The van der Waals surface area contributed by atoms with Gasteiger partial charge >= 0.3 is 0 Å². The molecule has 0 aliphatic carbocycles. The minimum absolute atomic E-state index is 0.0161. The third-order valence-electron chi connectivity index (χ3n) is 5.57. The summed E-state index contributed by atoms with van der Waals surface area (Å²) >= 11 is 2.88. The van der Waals surface area contributed by atoms with Crippen LogP contribution >= 0.6 is 22.7 Å². The van der Waals surface area contributed by atoms with Crippen LogP contribution in [0.2, 0.25) is 0 Å². The van der Waals surface area contributed by atoms with Crippen molar-refractivity contribution in [2.45, 2.75) is 20.0 Å². The van der Waals surface area contributed by atoms with Crippen molar-refractivity contribution in [3.63, 3.8) is 0 Å². The molecule has 2 aromatic heterocycles. The number of aliphatic hydroxyl groups excluding tert-OH is 1. The number of rotatable bonds is 2. The lowest BCUT2D eigenvalue weighted by Crippen LogP contribution is -2.71. The number of carbonyl (C=O) groups is 2. The molecule has 1 N–H and O–H groups in total. The Bertz CT molecular complexity index is 736.